The molecule has 2 aromatic rings. The Morgan fingerprint density at radius 2 is 2.00 bits per heavy atom. The molecule has 10 heteroatoms. The third kappa shape index (κ3) is 5.45. The molecule has 0 unspecified atom stereocenters. The minimum atomic E-state index is -0.481. The Hall–Kier alpha value is -3.66. The van der Waals surface area contributed by atoms with Gasteiger partial charge in [0, 0.05) is 36.9 Å². The smallest absolute Gasteiger partial charge is 0.331 e. The highest BCUT2D eigenvalue weighted by molar-refractivity contribution is 7.19. The molecule has 0 atom stereocenters. The molecular weight excluding hydrogens is 452 g/mol. The van der Waals surface area contributed by atoms with E-state index in [9.17, 15) is 14.4 Å². The van der Waals surface area contributed by atoms with Crippen molar-refractivity contribution in [2.45, 2.75) is 38.6 Å². The predicted octanol–water partition coefficient (Wildman–Crippen LogP) is 3.63. The fraction of sp³-hybridized carbons (Fsp3) is 0.333. The lowest BCUT2D eigenvalue weighted by Gasteiger charge is -2.33. The number of allylic oxidation sites excluding steroid dienone is 2. The van der Waals surface area contributed by atoms with Crippen LogP contribution in [-0.4, -0.2) is 48.4 Å². The number of aromatic nitrogens is 1. The zero-order chi connectivity index (χ0) is 24.8. The van der Waals surface area contributed by atoms with Gasteiger partial charge >= 0.3 is 6.03 Å². The summed E-state index contributed by atoms with van der Waals surface area (Å²) in [6.07, 6.45) is 12.6. The minimum absolute atomic E-state index is 0.114. The van der Waals surface area contributed by atoms with Gasteiger partial charge in [0.25, 0.3) is 0 Å². The Balaban J connectivity index is 0.000000206. The Morgan fingerprint density at radius 1 is 1.35 bits per heavy atom. The first-order chi connectivity index (χ1) is 16.3. The average molecular weight is 483 g/mol. The van der Waals surface area contributed by atoms with Gasteiger partial charge in [0.1, 0.15) is 4.83 Å². The van der Waals surface area contributed by atoms with Gasteiger partial charge in [-0.25, -0.2) is 9.78 Å². The number of pyridine rings is 1. The van der Waals surface area contributed by atoms with E-state index in [0.717, 1.165) is 50.3 Å². The number of nitrogens with one attached hydrogen (secondary N) is 2. The number of hydrogen-bond acceptors (Lipinski definition) is 6. The summed E-state index contributed by atoms with van der Waals surface area (Å²) >= 11 is 1.61. The predicted molar refractivity (Wildman–Crippen MR) is 137 cm³/mol. The Morgan fingerprint density at radius 3 is 2.56 bits per heavy atom. The Labute approximate surface area is 203 Å². The zero-order valence-corrected chi connectivity index (χ0v) is 20.4. The average Bonchev–Trinajstić information content (AvgIpc) is 3.39. The van der Waals surface area contributed by atoms with Crippen molar-refractivity contribution >= 4 is 51.3 Å². The minimum Gasteiger partial charge on any atom is -0.378 e. The van der Waals surface area contributed by atoms with Gasteiger partial charge in [-0.3, -0.25) is 14.5 Å². The summed E-state index contributed by atoms with van der Waals surface area (Å²) in [5, 5.41) is 6.79. The molecule has 5 rings (SSSR count). The molecule has 0 saturated heterocycles. The number of hydrogen-bond donors (Lipinski definition) is 3. The van der Waals surface area contributed by atoms with E-state index in [4.69, 9.17) is 0 Å². The van der Waals surface area contributed by atoms with Crippen molar-refractivity contribution in [3.05, 3.63) is 53.3 Å². The fourth-order valence-corrected chi connectivity index (χ4v) is 4.82. The molecule has 2 aromatic heterocycles. The van der Waals surface area contributed by atoms with Crippen LogP contribution < -0.4 is 21.3 Å². The molecule has 1 saturated carbocycles. The Kier molecular flexibility index (Phi) is 8.06. The molecule has 4 N–H and O–H groups in total. The summed E-state index contributed by atoms with van der Waals surface area (Å²) in [4.78, 5) is 42.0. The lowest BCUT2D eigenvalue weighted by Crippen LogP contribution is -2.38. The van der Waals surface area contributed by atoms with Gasteiger partial charge in [0.15, 0.2) is 0 Å². The first-order valence-corrected chi connectivity index (χ1v) is 11.8. The quantitative estimate of drug-likeness (QED) is 0.444. The highest BCUT2D eigenvalue weighted by Crippen LogP contribution is 2.45. The maximum absolute atomic E-state index is 12.5. The second-order valence-electron chi connectivity index (χ2n) is 8.21. The van der Waals surface area contributed by atoms with Crippen molar-refractivity contribution in [1.29, 1.82) is 0 Å². The lowest BCUT2D eigenvalue weighted by molar-refractivity contribution is -0.113. The molecule has 0 spiro atoms. The summed E-state index contributed by atoms with van der Waals surface area (Å²) in [6, 6.07) is 2.28. The number of aryl methyl sites for hydroxylation is 1. The van der Waals surface area contributed by atoms with E-state index in [1.54, 1.807) is 22.4 Å². The molecule has 34 heavy (non-hydrogen) atoms. The molecule has 3 heterocycles. The first kappa shape index (κ1) is 25.0. The normalized spacial score (nSPS) is 16.0. The molecule has 0 aromatic carbocycles. The van der Waals surface area contributed by atoms with Gasteiger partial charge in [0.2, 0.25) is 12.3 Å². The number of amides is 4. The number of carbonyl (C=O) groups excluding carboxylic acids is 3. The topological polar surface area (TPSA) is 121 Å². The number of urea groups is 1. The van der Waals surface area contributed by atoms with Gasteiger partial charge in [-0.05, 0) is 44.1 Å². The van der Waals surface area contributed by atoms with Gasteiger partial charge in [-0.2, -0.15) is 0 Å². The van der Waals surface area contributed by atoms with Crippen molar-refractivity contribution in [2.24, 2.45) is 5.73 Å². The number of primary amides is 1. The van der Waals surface area contributed by atoms with Crippen LogP contribution in [0.25, 0.3) is 10.2 Å². The van der Waals surface area contributed by atoms with Crippen LogP contribution in [0.5, 0.6) is 0 Å². The maximum Gasteiger partial charge on any atom is 0.331 e. The van der Waals surface area contributed by atoms with E-state index >= 15 is 0 Å². The molecule has 1 aliphatic heterocycles. The molecular formula is C24H30N6O3S. The number of carbonyl (C=O) groups is 3. The lowest BCUT2D eigenvalue weighted by atomic mass is 10.1. The van der Waals surface area contributed by atoms with Gasteiger partial charge in [-0.15, -0.1) is 11.3 Å². The Bertz CT molecular complexity index is 1160. The largest absolute Gasteiger partial charge is 0.378 e. The van der Waals surface area contributed by atoms with Crippen LogP contribution in [0.4, 0.5) is 16.2 Å². The van der Waals surface area contributed by atoms with Crippen molar-refractivity contribution in [3.8, 4) is 0 Å². The third-order valence-corrected chi connectivity index (χ3v) is 6.66. The van der Waals surface area contributed by atoms with E-state index < -0.39 is 5.91 Å². The van der Waals surface area contributed by atoms with Gasteiger partial charge in [0.05, 0.1) is 22.5 Å². The highest BCUT2D eigenvalue weighted by atomic mass is 32.1. The van der Waals surface area contributed by atoms with Crippen molar-refractivity contribution in [2.75, 3.05) is 24.3 Å². The molecule has 0 radical (unpaired) electrons. The summed E-state index contributed by atoms with van der Waals surface area (Å²) in [7, 11) is 3.97. The van der Waals surface area contributed by atoms with Gasteiger partial charge < -0.3 is 21.3 Å². The van der Waals surface area contributed by atoms with Crippen molar-refractivity contribution in [3.63, 3.8) is 0 Å². The van der Waals surface area contributed by atoms with Crippen LogP contribution in [-0.2, 0) is 9.59 Å². The van der Waals surface area contributed by atoms with E-state index in [0.29, 0.717) is 6.04 Å². The molecule has 0 bridgehead atoms. The molecule has 1 fully saturated rings. The fourth-order valence-electron chi connectivity index (χ4n) is 3.85. The highest BCUT2D eigenvalue weighted by Gasteiger charge is 2.32. The van der Waals surface area contributed by atoms with Crippen LogP contribution in [0.3, 0.4) is 0 Å². The number of anilines is 2. The van der Waals surface area contributed by atoms with E-state index in [-0.39, 0.29) is 6.03 Å². The van der Waals surface area contributed by atoms with Crippen LogP contribution in [0.2, 0.25) is 0 Å². The second-order valence-corrected chi connectivity index (χ2v) is 9.42. The maximum atomic E-state index is 12.5. The molecule has 9 nitrogen and oxygen atoms in total. The van der Waals surface area contributed by atoms with E-state index in [2.05, 4.69) is 27.9 Å². The van der Waals surface area contributed by atoms with Crippen LogP contribution >= 0.6 is 11.3 Å². The standard InChI is InChI=1S/C15H14N4OS.C6H11NO.C3H5NO/c1-8-13-12-11(4-5-16-14(12)21-8)19(15(20)17-13)10-6-9(7-10)18(2)3;8-5-7-6-3-1-2-4-6;1-2-3(4)5/h4-7H,1-3H3,(H,17,20);5-6H,1-4H2,(H,7,8);2H,1H2,(H2,4,5). The van der Waals surface area contributed by atoms with Crippen LogP contribution in [0.15, 0.2) is 48.5 Å². The summed E-state index contributed by atoms with van der Waals surface area (Å²) in [6.45, 7) is 5.09. The number of likely N-dealkylation sites (N-methyl/N-ethyl adjacent to an activating group) is 1. The second kappa shape index (κ2) is 11.0. The first-order valence-electron chi connectivity index (χ1n) is 11.0. The van der Waals surface area contributed by atoms with Crippen molar-refractivity contribution in [1.82, 2.24) is 15.2 Å². The summed E-state index contributed by atoms with van der Waals surface area (Å²) in [5.74, 6) is -0.481. The number of nitrogens with two attached hydrogens (primary N) is 1. The summed E-state index contributed by atoms with van der Waals surface area (Å²) < 4.78 is 0. The monoisotopic (exact) mass is 482 g/mol. The van der Waals surface area contributed by atoms with E-state index in [1.165, 1.54) is 25.7 Å². The SMILES string of the molecule is C=CC(N)=O.Cc1sc2nccc3c2c1NC(=O)N3C1=CC(N(C)C)=C1.O=CNC1CCCC1. The summed E-state index contributed by atoms with van der Waals surface area (Å²) in [5.41, 5.74) is 8.35. The molecule has 2 aliphatic carbocycles. The number of thiophene rings is 1. The number of nitrogens with zero attached hydrogens (tertiary/aromatic N) is 3. The third-order valence-electron chi connectivity index (χ3n) is 5.65. The zero-order valence-electron chi connectivity index (χ0n) is 19.6. The number of rotatable bonds is 5. The molecule has 180 valence electrons. The van der Waals surface area contributed by atoms with Crippen LogP contribution in [0.1, 0.15) is 30.6 Å². The van der Waals surface area contributed by atoms with Crippen molar-refractivity contribution < 1.29 is 14.4 Å². The molecule has 4 amide bonds. The van der Waals surface area contributed by atoms with Crippen LogP contribution in [0, 0.1) is 6.92 Å². The van der Waals surface area contributed by atoms with Gasteiger partial charge in [-0.1, -0.05) is 19.4 Å². The van der Waals surface area contributed by atoms with E-state index in [1.807, 2.05) is 44.1 Å². The molecule has 3 aliphatic rings.